The second-order valence-electron chi connectivity index (χ2n) is 4.52. The van der Waals surface area contributed by atoms with Crippen molar-refractivity contribution in [2.24, 2.45) is 0 Å². The first-order valence-electron chi connectivity index (χ1n) is 6.13. The number of rotatable bonds is 6. The molecule has 1 rings (SSSR count). The molecule has 0 radical (unpaired) electrons. The van der Waals surface area contributed by atoms with Gasteiger partial charge >= 0.3 is 0 Å². The number of hydrogen-bond acceptors (Lipinski definition) is 2. The van der Waals surface area contributed by atoms with Gasteiger partial charge < -0.3 is 10.6 Å². The first kappa shape index (κ1) is 13.2. The lowest BCUT2D eigenvalue weighted by molar-refractivity contribution is 0.508. The van der Waals surface area contributed by atoms with Crippen molar-refractivity contribution < 1.29 is 0 Å². The Morgan fingerprint density at radius 2 is 2.00 bits per heavy atom. The highest BCUT2D eigenvalue weighted by Gasteiger charge is 2.02. The van der Waals surface area contributed by atoms with Gasteiger partial charge in [-0.25, -0.2) is 0 Å². The Morgan fingerprint density at radius 3 is 2.62 bits per heavy atom. The van der Waals surface area contributed by atoms with Crippen molar-refractivity contribution in [1.82, 2.24) is 10.6 Å². The van der Waals surface area contributed by atoms with E-state index in [9.17, 15) is 0 Å². The van der Waals surface area contributed by atoms with Crippen LogP contribution < -0.4 is 10.6 Å². The molecule has 0 saturated heterocycles. The lowest BCUT2D eigenvalue weighted by Crippen LogP contribution is -2.35. The van der Waals surface area contributed by atoms with Gasteiger partial charge in [-0.2, -0.15) is 0 Å². The number of benzene rings is 1. The third-order valence-corrected chi connectivity index (χ3v) is 2.84. The highest BCUT2D eigenvalue weighted by molar-refractivity contribution is 5.30. The molecule has 0 aromatic heterocycles. The maximum Gasteiger partial charge on any atom is 0.0211 e. The third-order valence-electron chi connectivity index (χ3n) is 2.84. The maximum atomic E-state index is 3.53. The molecule has 90 valence electrons. The van der Waals surface area contributed by atoms with Crippen LogP contribution in [0, 0.1) is 13.8 Å². The molecule has 0 bridgehead atoms. The molecule has 16 heavy (non-hydrogen) atoms. The van der Waals surface area contributed by atoms with Crippen LogP contribution in [0.4, 0.5) is 0 Å². The van der Waals surface area contributed by atoms with Crippen LogP contribution in [0.15, 0.2) is 18.2 Å². The quantitative estimate of drug-likeness (QED) is 0.769. The molecular weight excluding hydrogens is 196 g/mol. The Morgan fingerprint density at radius 1 is 1.25 bits per heavy atom. The molecule has 0 spiro atoms. The fourth-order valence-corrected chi connectivity index (χ4v) is 1.76. The van der Waals surface area contributed by atoms with E-state index in [2.05, 4.69) is 56.5 Å². The molecule has 0 heterocycles. The first-order valence-corrected chi connectivity index (χ1v) is 6.13. The average molecular weight is 220 g/mol. The van der Waals surface area contributed by atoms with Crippen LogP contribution in [-0.4, -0.2) is 19.1 Å². The number of nitrogens with one attached hydrogen (secondary N) is 2. The van der Waals surface area contributed by atoms with Crippen LogP contribution >= 0.6 is 0 Å². The largest absolute Gasteiger partial charge is 0.315 e. The molecule has 0 aliphatic heterocycles. The average Bonchev–Trinajstić information content (AvgIpc) is 2.25. The first-order chi connectivity index (χ1) is 7.63. The third kappa shape index (κ3) is 4.33. The van der Waals surface area contributed by atoms with E-state index in [1.807, 2.05) is 0 Å². The van der Waals surface area contributed by atoms with Gasteiger partial charge in [-0.05, 0) is 38.4 Å². The van der Waals surface area contributed by atoms with Crippen molar-refractivity contribution >= 4 is 0 Å². The van der Waals surface area contributed by atoms with E-state index in [1.165, 1.54) is 16.7 Å². The molecule has 0 fully saturated rings. The summed E-state index contributed by atoms with van der Waals surface area (Å²) in [5.41, 5.74) is 4.11. The van der Waals surface area contributed by atoms with Crippen LogP contribution in [0.1, 0.15) is 30.5 Å². The zero-order valence-electron chi connectivity index (χ0n) is 10.9. The molecule has 0 aliphatic rings. The summed E-state index contributed by atoms with van der Waals surface area (Å²) in [4.78, 5) is 0. The van der Waals surface area contributed by atoms with Gasteiger partial charge in [0.1, 0.15) is 0 Å². The van der Waals surface area contributed by atoms with E-state index in [0.29, 0.717) is 6.04 Å². The number of hydrogen-bond donors (Lipinski definition) is 2. The highest BCUT2D eigenvalue weighted by atomic mass is 15.0. The van der Waals surface area contributed by atoms with Crippen LogP contribution in [0.3, 0.4) is 0 Å². The van der Waals surface area contributed by atoms with Gasteiger partial charge in [-0.15, -0.1) is 0 Å². The van der Waals surface area contributed by atoms with Gasteiger partial charge in [-0.1, -0.05) is 30.7 Å². The van der Waals surface area contributed by atoms with Crippen molar-refractivity contribution in [3.8, 4) is 0 Å². The molecule has 0 aliphatic carbocycles. The summed E-state index contributed by atoms with van der Waals surface area (Å²) in [6, 6.07) is 7.16. The molecule has 0 saturated carbocycles. The zero-order chi connectivity index (χ0) is 12.0. The van der Waals surface area contributed by atoms with E-state index < -0.39 is 0 Å². The normalized spacial score (nSPS) is 12.8. The summed E-state index contributed by atoms with van der Waals surface area (Å²) < 4.78 is 0. The van der Waals surface area contributed by atoms with E-state index in [0.717, 1.165) is 19.6 Å². The summed E-state index contributed by atoms with van der Waals surface area (Å²) in [7, 11) is 0. The van der Waals surface area contributed by atoms with Gasteiger partial charge in [-0.3, -0.25) is 0 Å². The summed E-state index contributed by atoms with van der Waals surface area (Å²) in [6.07, 6.45) is 0. The van der Waals surface area contributed by atoms with Crippen LogP contribution in [-0.2, 0) is 6.54 Å². The minimum absolute atomic E-state index is 0.514. The smallest absolute Gasteiger partial charge is 0.0211 e. The minimum atomic E-state index is 0.514. The van der Waals surface area contributed by atoms with Crippen molar-refractivity contribution in [3.05, 3.63) is 34.9 Å². The minimum Gasteiger partial charge on any atom is -0.315 e. The van der Waals surface area contributed by atoms with Crippen LogP contribution in [0.25, 0.3) is 0 Å². The van der Waals surface area contributed by atoms with E-state index in [1.54, 1.807) is 0 Å². The highest BCUT2D eigenvalue weighted by Crippen LogP contribution is 2.10. The predicted octanol–water partition coefficient (Wildman–Crippen LogP) is 2.39. The van der Waals surface area contributed by atoms with Gasteiger partial charge in [0.05, 0.1) is 0 Å². The Hall–Kier alpha value is -0.860. The molecule has 1 unspecified atom stereocenters. The van der Waals surface area contributed by atoms with Gasteiger partial charge in [0.2, 0.25) is 0 Å². The molecule has 2 nitrogen and oxygen atoms in total. The molecule has 2 heteroatoms. The van der Waals surface area contributed by atoms with Gasteiger partial charge in [0, 0.05) is 19.1 Å². The monoisotopic (exact) mass is 220 g/mol. The molecule has 0 amide bonds. The Bertz CT molecular complexity index is 321. The summed E-state index contributed by atoms with van der Waals surface area (Å²) in [5.74, 6) is 0. The maximum absolute atomic E-state index is 3.53. The molecule has 1 aromatic carbocycles. The standard InChI is InChI=1S/C14H24N2/c1-5-15-9-13(4)16-10-14-7-6-11(2)8-12(14)3/h6-8,13,15-16H,5,9-10H2,1-4H3. The molecular formula is C14H24N2. The fraction of sp³-hybridized carbons (Fsp3) is 0.571. The lowest BCUT2D eigenvalue weighted by Gasteiger charge is -2.15. The van der Waals surface area contributed by atoms with E-state index in [4.69, 9.17) is 0 Å². The summed E-state index contributed by atoms with van der Waals surface area (Å²) in [6.45, 7) is 11.7. The molecule has 1 atom stereocenters. The molecule has 2 N–H and O–H groups in total. The molecule has 1 aromatic rings. The Labute approximate surface area is 99.5 Å². The zero-order valence-corrected chi connectivity index (χ0v) is 10.9. The predicted molar refractivity (Wildman–Crippen MR) is 70.8 cm³/mol. The van der Waals surface area contributed by atoms with Crippen LogP contribution in [0.5, 0.6) is 0 Å². The van der Waals surface area contributed by atoms with Crippen molar-refractivity contribution in [2.45, 2.75) is 40.3 Å². The summed E-state index contributed by atoms with van der Waals surface area (Å²) in [5, 5.41) is 6.88. The van der Waals surface area contributed by atoms with Crippen molar-refractivity contribution in [1.29, 1.82) is 0 Å². The fourth-order valence-electron chi connectivity index (χ4n) is 1.76. The second kappa shape index (κ2) is 6.66. The topological polar surface area (TPSA) is 24.1 Å². The van der Waals surface area contributed by atoms with Crippen molar-refractivity contribution in [3.63, 3.8) is 0 Å². The number of aryl methyl sites for hydroxylation is 2. The lowest BCUT2D eigenvalue weighted by atomic mass is 10.1. The number of likely N-dealkylation sites (N-methyl/N-ethyl adjacent to an activating group) is 1. The van der Waals surface area contributed by atoms with E-state index >= 15 is 0 Å². The summed E-state index contributed by atoms with van der Waals surface area (Å²) >= 11 is 0. The Balaban J connectivity index is 2.42. The van der Waals surface area contributed by atoms with Gasteiger partial charge in [0.15, 0.2) is 0 Å². The Kier molecular flexibility index (Phi) is 5.50. The second-order valence-corrected chi connectivity index (χ2v) is 4.52. The van der Waals surface area contributed by atoms with Crippen LogP contribution in [0.2, 0.25) is 0 Å². The van der Waals surface area contributed by atoms with Crippen molar-refractivity contribution in [2.75, 3.05) is 13.1 Å². The van der Waals surface area contributed by atoms with E-state index in [-0.39, 0.29) is 0 Å². The van der Waals surface area contributed by atoms with Gasteiger partial charge in [0.25, 0.3) is 0 Å². The SMILES string of the molecule is CCNCC(C)NCc1ccc(C)cc1C.